The molecule has 11 heteroatoms. The summed E-state index contributed by atoms with van der Waals surface area (Å²) in [6, 6.07) is 5.90. The van der Waals surface area contributed by atoms with Crippen molar-refractivity contribution in [3.05, 3.63) is 28.8 Å². The van der Waals surface area contributed by atoms with Crippen molar-refractivity contribution in [1.82, 2.24) is 4.90 Å². The molecule has 49 heavy (non-hydrogen) atoms. The van der Waals surface area contributed by atoms with Gasteiger partial charge in [-0.3, -0.25) is 4.90 Å². The number of benzene rings is 1. The molecule has 2 N–H and O–H groups in total. The average molecular weight is 774 g/mol. The molecule has 0 spiro atoms. The van der Waals surface area contributed by atoms with Crippen molar-refractivity contribution in [2.24, 2.45) is 0 Å². The van der Waals surface area contributed by atoms with E-state index in [1.165, 1.54) is 0 Å². The zero-order valence-electron chi connectivity index (χ0n) is 35.4. The van der Waals surface area contributed by atoms with Gasteiger partial charge in [-0.1, -0.05) is 94.7 Å². The summed E-state index contributed by atoms with van der Waals surface area (Å²) in [6.45, 7) is 49.0. The maximum absolute atomic E-state index is 7.65. The number of piperidine rings is 1. The monoisotopic (exact) mass is 772 g/mol. The molecule has 0 saturated carbocycles. The van der Waals surface area contributed by atoms with Gasteiger partial charge in [-0.05, 0) is 103 Å². The molecule has 1 heterocycles. The number of rotatable bonds is 12. The van der Waals surface area contributed by atoms with Crippen LogP contribution in [0.4, 0.5) is 5.69 Å². The Morgan fingerprint density at radius 2 is 1.08 bits per heavy atom. The Labute approximate surface area is 312 Å². The zero-order valence-corrected chi connectivity index (χ0v) is 40.2. The number of nitrogens with zero attached hydrogens (tertiary/aromatic N) is 1. The highest BCUT2D eigenvalue weighted by atomic mass is 35.5. The molecule has 0 aromatic heterocycles. The number of hydrogen-bond donors (Lipinski definition) is 1. The third kappa shape index (κ3) is 11.5. The largest absolute Gasteiger partial charge is 0.415 e. The van der Waals surface area contributed by atoms with Crippen LogP contribution in [0.25, 0.3) is 0 Å². The van der Waals surface area contributed by atoms with Crippen molar-refractivity contribution in [3.63, 3.8) is 0 Å². The summed E-state index contributed by atoms with van der Waals surface area (Å²) < 4.78 is 29.8. The predicted molar refractivity (Wildman–Crippen MR) is 224 cm³/mol. The summed E-state index contributed by atoms with van der Waals surface area (Å²) in [5, 5.41) is 0.872. The Morgan fingerprint density at radius 3 is 1.51 bits per heavy atom. The molecule has 0 aliphatic carbocycles. The first-order valence-corrected chi connectivity index (χ1v) is 30.6. The van der Waals surface area contributed by atoms with Gasteiger partial charge in [-0.25, -0.2) is 0 Å². The molecule has 0 bridgehead atoms. The molecule has 286 valence electrons. The molecule has 1 aliphatic rings. The lowest BCUT2D eigenvalue weighted by atomic mass is 9.93. The van der Waals surface area contributed by atoms with Gasteiger partial charge in [0.1, 0.15) is 0 Å². The van der Waals surface area contributed by atoms with Crippen LogP contribution in [-0.4, -0.2) is 82.2 Å². The topological polar surface area (TPSA) is 66.2 Å². The second-order valence-corrected chi connectivity index (χ2v) is 40.4. The highest BCUT2D eigenvalue weighted by Gasteiger charge is 2.55. The smallest absolute Gasteiger partial charge is 0.192 e. The third-order valence-corrected chi connectivity index (χ3v) is 30.9. The summed E-state index contributed by atoms with van der Waals surface area (Å²) in [5.41, 5.74) is 8.08. The van der Waals surface area contributed by atoms with Crippen molar-refractivity contribution in [2.45, 2.75) is 186 Å². The molecule has 1 aromatic rings. The Hall–Kier alpha value is -0.0225. The van der Waals surface area contributed by atoms with Crippen molar-refractivity contribution >= 4 is 50.6 Å². The second-order valence-electron chi connectivity index (χ2n) is 20.9. The first-order chi connectivity index (χ1) is 21.6. The van der Waals surface area contributed by atoms with Crippen LogP contribution in [0.15, 0.2) is 18.2 Å². The van der Waals surface area contributed by atoms with Crippen molar-refractivity contribution in [3.8, 4) is 0 Å². The standard InChI is InChI=1S/C38H77ClN2O4Si4/c1-35(2,3)46(13,14)42-27-31-33(44-48(17,18)37(7,8)9)34(45-49(19,20)38(10,11)12)32(43-47(15,16)36(4,5)6)26-41(31)22-21-28-23-29(39)25-30(40)24-28/h23-25,31-34H,21-22,26-27,40H2,1-20H3/t31-,32?,33?,34?/m1/s1. The van der Waals surface area contributed by atoms with Gasteiger partial charge in [0.15, 0.2) is 33.3 Å². The van der Waals surface area contributed by atoms with E-state index in [0.29, 0.717) is 17.3 Å². The summed E-state index contributed by atoms with van der Waals surface area (Å²) >= 11 is 6.48. The van der Waals surface area contributed by atoms with Crippen molar-refractivity contribution < 1.29 is 17.7 Å². The molecule has 1 fully saturated rings. The van der Waals surface area contributed by atoms with Gasteiger partial charge in [0.05, 0.1) is 31.0 Å². The summed E-state index contributed by atoms with van der Waals surface area (Å²) in [6.07, 6.45) is 0.246. The Bertz CT molecular complexity index is 1230. The van der Waals surface area contributed by atoms with E-state index in [0.717, 1.165) is 25.1 Å². The molecule has 0 radical (unpaired) electrons. The van der Waals surface area contributed by atoms with Gasteiger partial charge in [0.25, 0.3) is 0 Å². The lowest BCUT2D eigenvalue weighted by Gasteiger charge is -2.56. The molecular weight excluding hydrogens is 696 g/mol. The van der Waals surface area contributed by atoms with Crippen LogP contribution in [0.5, 0.6) is 0 Å². The van der Waals surface area contributed by atoms with E-state index < -0.39 is 33.3 Å². The van der Waals surface area contributed by atoms with E-state index in [4.69, 9.17) is 35.0 Å². The van der Waals surface area contributed by atoms with E-state index in [1.54, 1.807) is 0 Å². The fraction of sp³-hybridized carbons (Fsp3) is 0.842. The van der Waals surface area contributed by atoms with Gasteiger partial charge in [-0.15, -0.1) is 0 Å². The number of nitrogens with two attached hydrogens (primary N) is 1. The van der Waals surface area contributed by atoms with Crippen LogP contribution in [0, 0.1) is 0 Å². The third-order valence-electron chi connectivity index (χ3n) is 12.8. The SMILES string of the molecule is CC(C)(C)[Si](C)(C)OC[C@@H]1C(O[Si](C)(C)C(C)(C)C)C(O[Si](C)(C)C(C)(C)C)C(O[Si](C)(C)C(C)(C)C)CN1CCc1cc(N)cc(Cl)c1. The minimum Gasteiger partial charge on any atom is -0.415 e. The number of likely N-dealkylation sites (tertiary alicyclic amines) is 1. The summed E-state index contributed by atoms with van der Waals surface area (Å²) in [4.78, 5) is 2.60. The molecular formula is C38H77ClN2O4Si4. The van der Waals surface area contributed by atoms with Crippen LogP contribution in [0.1, 0.15) is 88.6 Å². The molecule has 3 unspecified atom stereocenters. The average Bonchev–Trinajstić information content (AvgIpc) is 2.85. The number of nitrogen functional groups attached to an aromatic ring is 1. The maximum atomic E-state index is 7.65. The van der Waals surface area contributed by atoms with Crippen LogP contribution in [0.3, 0.4) is 0 Å². The highest BCUT2D eigenvalue weighted by Crippen LogP contribution is 2.46. The van der Waals surface area contributed by atoms with E-state index in [-0.39, 0.29) is 44.5 Å². The Kier molecular flexibility index (Phi) is 14.2. The van der Waals surface area contributed by atoms with Gasteiger partial charge >= 0.3 is 0 Å². The Morgan fingerprint density at radius 1 is 0.653 bits per heavy atom. The van der Waals surface area contributed by atoms with E-state index in [1.807, 2.05) is 18.2 Å². The van der Waals surface area contributed by atoms with Crippen molar-refractivity contribution in [2.75, 3.05) is 25.4 Å². The predicted octanol–water partition coefficient (Wildman–Crippen LogP) is 11.3. The number of anilines is 1. The summed E-state index contributed by atoms with van der Waals surface area (Å²) in [7, 11) is -8.82. The quantitative estimate of drug-likeness (QED) is 0.169. The van der Waals surface area contributed by atoms with Gasteiger partial charge in [0, 0.05) is 23.8 Å². The fourth-order valence-corrected chi connectivity index (χ4v) is 10.4. The lowest BCUT2D eigenvalue weighted by Crippen LogP contribution is -2.70. The molecule has 4 atom stereocenters. The van der Waals surface area contributed by atoms with Crippen LogP contribution in [-0.2, 0) is 24.1 Å². The molecule has 6 nitrogen and oxygen atoms in total. The molecule has 1 aromatic carbocycles. The van der Waals surface area contributed by atoms with E-state index in [9.17, 15) is 0 Å². The number of hydrogen-bond acceptors (Lipinski definition) is 6. The molecule has 0 amide bonds. The van der Waals surface area contributed by atoms with Crippen LogP contribution >= 0.6 is 11.6 Å². The molecule has 2 rings (SSSR count). The minimum absolute atomic E-state index is 0.00573. The zero-order chi connectivity index (χ0) is 38.4. The summed E-state index contributed by atoms with van der Waals surface area (Å²) in [5.74, 6) is 0. The maximum Gasteiger partial charge on any atom is 0.192 e. The first-order valence-electron chi connectivity index (χ1n) is 18.6. The first kappa shape index (κ1) is 45.1. The van der Waals surface area contributed by atoms with Crippen molar-refractivity contribution in [1.29, 1.82) is 0 Å². The minimum atomic E-state index is -2.28. The van der Waals surface area contributed by atoms with Crippen LogP contribution in [0.2, 0.25) is 77.6 Å². The molecule has 1 saturated heterocycles. The highest BCUT2D eigenvalue weighted by molar-refractivity contribution is 6.75. The van der Waals surface area contributed by atoms with E-state index >= 15 is 0 Å². The fourth-order valence-electron chi connectivity index (χ4n) is 5.15. The lowest BCUT2D eigenvalue weighted by molar-refractivity contribution is -0.128. The second kappa shape index (κ2) is 15.4. The Balaban J connectivity index is 2.85. The van der Waals surface area contributed by atoms with E-state index in [2.05, 4.69) is 140 Å². The number of halogens is 1. The van der Waals surface area contributed by atoms with Gasteiger partial charge < -0.3 is 23.4 Å². The normalized spacial score (nSPS) is 22.9. The van der Waals surface area contributed by atoms with Crippen LogP contribution < -0.4 is 5.73 Å². The van der Waals surface area contributed by atoms with Gasteiger partial charge in [0.2, 0.25) is 0 Å². The van der Waals surface area contributed by atoms with Gasteiger partial charge in [-0.2, -0.15) is 0 Å². The molecule has 1 aliphatic heterocycles.